The summed E-state index contributed by atoms with van der Waals surface area (Å²) in [6, 6.07) is 10.3. The highest BCUT2D eigenvalue weighted by molar-refractivity contribution is 5.95. The van der Waals surface area contributed by atoms with Crippen molar-refractivity contribution in [1.29, 1.82) is 0 Å². The summed E-state index contributed by atoms with van der Waals surface area (Å²) in [6.45, 7) is 2.83. The van der Waals surface area contributed by atoms with E-state index in [1.54, 1.807) is 41.3 Å². The lowest BCUT2D eigenvalue weighted by molar-refractivity contribution is -0.124. The maximum atomic E-state index is 13.1. The van der Waals surface area contributed by atoms with E-state index in [2.05, 4.69) is 0 Å². The number of ketones is 2. The van der Waals surface area contributed by atoms with Crippen LogP contribution in [-0.2, 0) is 9.53 Å². The molecule has 6 nitrogen and oxygen atoms in total. The lowest BCUT2D eigenvalue weighted by Crippen LogP contribution is -2.53. The van der Waals surface area contributed by atoms with Gasteiger partial charge in [-0.2, -0.15) is 0 Å². The minimum absolute atomic E-state index is 0.00156. The van der Waals surface area contributed by atoms with E-state index in [1.807, 2.05) is 0 Å². The largest absolute Gasteiger partial charge is 0.451 e. The Hall–Kier alpha value is -2.73. The summed E-state index contributed by atoms with van der Waals surface area (Å²) in [5, 5.41) is 0. The zero-order valence-corrected chi connectivity index (χ0v) is 15.8. The van der Waals surface area contributed by atoms with Crippen LogP contribution < -0.4 is 0 Å². The van der Waals surface area contributed by atoms with Crippen molar-refractivity contribution in [1.82, 2.24) is 4.90 Å². The lowest BCUT2D eigenvalue weighted by atomic mass is 9.95. The average molecular weight is 381 g/mol. The third-order valence-electron chi connectivity index (χ3n) is 5.64. The van der Waals surface area contributed by atoms with Crippen LogP contribution in [0.15, 0.2) is 40.8 Å². The van der Waals surface area contributed by atoms with Crippen molar-refractivity contribution in [2.45, 2.75) is 32.2 Å². The molecule has 146 valence electrons. The maximum Gasteiger partial charge on any atom is 0.290 e. The van der Waals surface area contributed by atoms with Gasteiger partial charge in [-0.05, 0) is 31.9 Å². The number of hydrogen-bond acceptors (Lipinski definition) is 5. The third-order valence-corrected chi connectivity index (χ3v) is 5.64. The number of ether oxygens (including phenoxy) is 1. The van der Waals surface area contributed by atoms with Gasteiger partial charge in [0.05, 0.1) is 19.3 Å². The summed E-state index contributed by atoms with van der Waals surface area (Å²) >= 11 is 0. The number of benzene rings is 1. The second-order valence-corrected chi connectivity index (χ2v) is 7.40. The second-order valence-electron chi connectivity index (χ2n) is 7.40. The molecule has 28 heavy (non-hydrogen) atoms. The van der Waals surface area contributed by atoms with E-state index in [9.17, 15) is 14.4 Å². The molecule has 2 heterocycles. The Balaban J connectivity index is 1.54. The van der Waals surface area contributed by atoms with E-state index in [0.29, 0.717) is 37.5 Å². The normalized spacial score (nSPS) is 22.5. The summed E-state index contributed by atoms with van der Waals surface area (Å²) in [6.07, 6.45) is 2.27. The van der Waals surface area contributed by atoms with Crippen LogP contribution in [0.1, 0.15) is 47.1 Å². The Bertz CT molecular complexity index is 898. The predicted octanol–water partition coefficient (Wildman–Crippen LogP) is 3.36. The molecule has 1 aromatic heterocycles. The van der Waals surface area contributed by atoms with E-state index >= 15 is 0 Å². The van der Waals surface area contributed by atoms with Gasteiger partial charge in [-0.25, -0.2) is 0 Å². The van der Waals surface area contributed by atoms with Gasteiger partial charge in [-0.1, -0.05) is 24.3 Å². The van der Waals surface area contributed by atoms with Crippen LogP contribution >= 0.6 is 0 Å². The van der Waals surface area contributed by atoms with E-state index < -0.39 is 0 Å². The highest BCUT2D eigenvalue weighted by Crippen LogP contribution is 2.31. The standard InChI is InChI=1S/C22H23NO5/c1-14(24)15-5-7-16(8-6-15)20-9-10-21(28-20)22(26)23-11-12-27-13-18(23)17-3-2-4-19(17)25/h5-10,17-18H,2-4,11-13H2,1H3/t17-,18-/m0/s1. The fourth-order valence-corrected chi connectivity index (χ4v) is 4.08. The van der Waals surface area contributed by atoms with Gasteiger partial charge in [-0.15, -0.1) is 0 Å². The third kappa shape index (κ3) is 3.52. The second kappa shape index (κ2) is 7.72. The Kier molecular flexibility index (Phi) is 5.13. The molecule has 1 saturated heterocycles. The number of rotatable bonds is 4. The van der Waals surface area contributed by atoms with Crippen molar-refractivity contribution >= 4 is 17.5 Å². The molecule has 0 spiro atoms. The van der Waals surface area contributed by atoms with Crippen LogP contribution in [-0.4, -0.2) is 48.2 Å². The van der Waals surface area contributed by atoms with Gasteiger partial charge < -0.3 is 14.1 Å². The van der Waals surface area contributed by atoms with Gasteiger partial charge in [0.15, 0.2) is 11.5 Å². The van der Waals surface area contributed by atoms with Gasteiger partial charge in [0.1, 0.15) is 11.5 Å². The van der Waals surface area contributed by atoms with Crippen molar-refractivity contribution in [2.24, 2.45) is 5.92 Å². The minimum atomic E-state index is -0.223. The highest BCUT2D eigenvalue weighted by atomic mass is 16.5. The van der Waals surface area contributed by atoms with Gasteiger partial charge in [0.25, 0.3) is 5.91 Å². The van der Waals surface area contributed by atoms with Crippen LogP contribution in [0.4, 0.5) is 0 Å². The van der Waals surface area contributed by atoms with Crippen molar-refractivity contribution in [3.63, 3.8) is 0 Å². The quantitative estimate of drug-likeness (QED) is 0.759. The average Bonchev–Trinajstić information content (AvgIpc) is 3.37. The first-order valence-corrected chi connectivity index (χ1v) is 9.67. The molecular formula is C22H23NO5. The van der Waals surface area contributed by atoms with Gasteiger partial charge in [0, 0.05) is 30.0 Å². The molecule has 1 aliphatic carbocycles. The van der Waals surface area contributed by atoms with E-state index in [0.717, 1.165) is 18.4 Å². The van der Waals surface area contributed by atoms with Gasteiger partial charge >= 0.3 is 0 Å². The van der Waals surface area contributed by atoms with Gasteiger partial charge in [-0.3, -0.25) is 14.4 Å². The lowest BCUT2D eigenvalue weighted by Gasteiger charge is -2.38. The molecule has 2 fully saturated rings. The topological polar surface area (TPSA) is 76.8 Å². The van der Waals surface area contributed by atoms with Gasteiger partial charge in [0.2, 0.25) is 0 Å². The van der Waals surface area contributed by atoms with Crippen LogP contribution in [0, 0.1) is 5.92 Å². The highest BCUT2D eigenvalue weighted by Gasteiger charge is 2.40. The van der Waals surface area contributed by atoms with Crippen LogP contribution in [0.5, 0.6) is 0 Å². The van der Waals surface area contributed by atoms with Crippen molar-refractivity contribution in [3.8, 4) is 11.3 Å². The Morgan fingerprint density at radius 3 is 2.57 bits per heavy atom. The number of carbonyl (C=O) groups is 3. The van der Waals surface area contributed by atoms with Crippen molar-refractivity contribution < 1.29 is 23.5 Å². The molecule has 1 aromatic carbocycles. The number of carbonyl (C=O) groups excluding carboxylic acids is 3. The molecule has 1 saturated carbocycles. The molecule has 1 amide bonds. The number of morpholine rings is 1. The zero-order valence-electron chi connectivity index (χ0n) is 15.8. The molecule has 4 rings (SSSR count). The van der Waals surface area contributed by atoms with Crippen molar-refractivity contribution in [2.75, 3.05) is 19.8 Å². The van der Waals surface area contributed by atoms with E-state index in [-0.39, 0.29) is 35.2 Å². The number of hydrogen-bond donors (Lipinski definition) is 0. The number of Topliss-reactive ketones (excluding diaryl/α,β-unsaturated/α-hetero) is 2. The monoisotopic (exact) mass is 381 g/mol. The summed E-state index contributed by atoms with van der Waals surface area (Å²) in [5.41, 5.74) is 1.43. The smallest absolute Gasteiger partial charge is 0.290 e. The first kappa shape index (κ1) is 18.6. The number of furan rings is 1. The summed E-state index contributed by atoms with van der Waals surface area (Å²) in [7, 11) is 0. The summed E-state index contributed by atoms with van der Waals surface area (Å²) in [5.74, 6) is 0.696. The van der Waals surface area contributed by atoms with E-state index in [4.69, 9.17) is 9.15 Å². The first-order valence-electron chi connectivity index (χ1n) is 9.67. The Labute approximate surface area is 163 Å². The van der Waals surface area contributed by atoms with E-state index in [1.165, 1.54) is 6.92 Å². The van der Waals surface area contributed by atoms with Crippen molar-refractivity contribution in [3.05, 3.63) is 47.7 Å². The molecule has 6 heteroatoms. The SMILES string of the molecule is CC(=O)c1ccc(-c2ccc(C(=O)N3CCOC[C@H]3[C@@H]3CCCC3=O)o2)cc1. The predicted molar refractivity (Wildman–Crippen MR) is 102 cm³/mol. The van der Waals surface area contributed by atoms with Crippen LogP contribution in [0.25, 0.3) is 11.3 Å². The molecule has 0 N–H and O–H groups in total. The molecule has 0 bridgehead atoms. The maximum absolute atomic E-state index is 13.1. The first-order chi connectivity index (χ1) is 13.5. The zero-order chi connectivity index (χ0) is 19.7. The molecule has 0 unspecified atom stereocenters. The minimum Gasteiger partial charge on any atom is -0.451 e. The summed E-state index contributed by atoms with van der Waals surface area (Å²) < 4.78 is 11.4. The number of amides is 1. The fourth-order valence-electron chi connectivity index (χ4n) is 4.08. The Morgan fingerprint density at radius 1 is 1.11 bits per heavy atom. The molecule has 1 aliphatic heterocycles. The van der Waals surface area contributed by atoms with Crippen LogP contribution in [0.2, 0.25) is 0 Å². The van der Waals surface area contributed by atoms with Crippen LogP contribution in [0.3, 0.4) is 0 Å². The fraction of sp³-hybridized carbons (Fsp3) is 0.409. The molecule has 2 aliphatic rings. The molecule has 2 atom stereocenters. The molecule has 0 radical (unpaired) electrons. The number of nitrogens with zero attached hydrogens (tertiary/aromatic N) is 1. The Morgan fingerprint density at radius 2 is 1.89 bits per heavy atom. The summed E-state index contributed by atoms with van der Waals surface area (Å²) in [4.78, 5) is 38.4. The molecule has 2 aromatic rings. The molecular weight excluding hydrogens is 358 g/mol.